The van der Waals surface area contributed by atoms with Gasteiger partial charge in [-0.3, -0.25) is 19.8 Å². The van der Waals surface area contributed by atoms with Gasteiger partial charge in [0.2, 0.25) is 5.91 Å². The number of nitro benzene ring substituents is 1. The molecule has 3 amide bonds. The first-order valence-electron chi connectivity index (χ1n) is 12.1. The average Bonchev–Trinajstić information content (AvgIpc) is 2.85. The van der Waals surface area contributed by atoms with E-state index >= 15 is 0 Å². The van der Waals surface area contributed by atoms with Crippen molar-refractivity contribution in [3.05, 3.63) is 40.0 Å². The van der Waals surface area contributed by atoms with Crippen molar-refractivity contribution in [1.82, 2.24) is 15.1 Å². The highest BCUT2D eigenvalue weighted by Gasteiger charge is 2.23. The number of hydrogen-bond acceptors (Lipinski definition) is 9. The molecule has 14 heteroatoms. The van der Waals surface area contributed by atoms with Gasteiger partial charge in [0.25, 0.3) is 5.69 Å². The van der Waals surface area contributed by atoms with E-state index in [0.717, 1.165) is 6.07 Å². The fraction of sp³-hybridized carbons (Fsp3) is 0.480. The van der Waals surface area contributed by atoms with Crippen molar-refractivity contribution in [3.63, 3.8) is 0 Å². The second kappa shape index (κ2) is 14.4. The lowest BCUT2D eigenvalue weighted by molar-refractivity contribution is -0.384. The van der Waals surface area contributed by atoms with E-state index in [1.807, 2.05) is 4.90 Å². The molecule has 0 radical (unpaired) electrons. The molecule has 1 aromatic rings. The first-order chi connectivity index (χ1) is 18.4. The van der Waals surface area contributed by atoms with Crippen LogP contribution in [-0.2, 0) is 4.74 Å². The van der Waals surface area contributed by atoms with Crippen molar-refractivity contribution in [2.75, 3.05) is 57.7 Å². The lowest BCUT2D eigenvalue weighted by Crippen LogP contribution is -2.48. The molecule has 1 fully saturated rings. The summed E-state index contributed by atoms with van der Waals surface area (Å²) < 4.78 is 10.8. The summed E-state index contributed by atoms with van der Waals surface area (Å²) in [6.07, 6.45) is 1.77. The van der Waals surface area contributed by atoms with Crippen LogP contribution in [0, 0.1) is 22.0 Å². The number of benzene rings is 1. The second-order valence-electron chi connectivity index (χ2n) is 9.41. The fourth-order valence-corrected chi connectivity index (χ4v) is 3.39. The van der Waals surface area contributed by atoms with Gasteiger partial charge in [-0.15, -0.1) is 0 Å². The average molecular weight is 547 g/mol. The number of primary amides is 1. The summed E-state index contributed by atoms with van der Waals surface area (Å²) in [4.78, 5) is 48.8. The third-order valence-electron chi connectivity index (χ3n) is 5.26. The number of ether oxygens (including phenoxy) is 2. The minimum absolute atomic E-state index is 0.0302. The summed E-state index contributed by atoms with van der Waals surface area (Å²) >= 11 is 0. The Morgan fingerprint density at radius 2 is 1.82 bits per heavy atom. The Bertz CT molecular complexity index is 1140. The SMILES string of the molecule is CC(C)(C)OC(=O)NCC=CCNc1c(OCC#CCN2CCN(C(=O)O)CC2)cc(C(N)=O)cc1[N+](=O)[O-]. The van der Waals surface area contributed by atoms with Crippen LogP contribution in [0.15, 0.2) is 24.3 Å². The Kier molecular flexibility index (Phi) is 11.4. The van der Waals surface area contributed by atoms with E-state index in [2.05, 4.69) is 22.5 Å². The Hall–Kier alpha value is -4.51. The Morgan fingerprint density at radius 3 is 2.41 bits per heavy atom. The molecule has 2 rings (SSSR count). The number of anilines is 1. The molecule has 39 heavy (non-hydrogen) atoms. The zero-order valence-corrected chi connectivity index (χ0v) is 22.2. The van der Waals surface area contributed by atoms with Crippen LogP contribution in [0.3, 0.4) is 0 Å². The van der Waals surface area contributed by atoms with Gasteiger partial charge >= 0.3 is 12.2 Å². The van der Waals surface area contributed by atoms with Crippen LogP contribution in [0.1, 0.15) is 31.1 Å². The molecule has 0 aliphatic carbocycles. The van der Waals surface area contributed by atoms with Gasteiger partial charge < -0.3 is 35.8 Å². The topological polar surface area (TPSA) is 190 Å². The van der Waals surface area contributed by atoms with Crippen LogP contribution in [0.5, 0.6) is 5.75 Å². The molecule has 5 N–H and O–H groups in total. The maximum absolute atomic E-state index is 11.7. The first kappa shape index (κ1) is 30.7. The first-order valence-corrected chi connectivity index (χ1v) is 12.1. The lowest BCUT2D eigenvalue weighted by Gasteiger charge is -2.31. The number of piperazine rings is 1. The van der Waals surface area contributed by atoms with E-state index in [1.54, 1.807) is 32.9 Å². The number of carboxylic acid groups (broad SMARTS) is 1. The largest absolute Gasteiger partial charge is 0.478 e. The highest BCUT2D eigenvalue weighted by Crippen LogP contribution is 2.36. The van der Waals surface area contributed by atoms with Gasteiger partial charge in [-0.05, 0) is 26.8 Å². The molecule has 212 valence electrons. The predicted octanol–water partition coefficient (Wildman–Crippen LogP) is 1.86. The van der Waals surface area contributed by atoms with Crippen molar-refractivity contribution >= 4 is 29.5 Å². The van der Waals surface area contributed by atoms with E-state index in [-0.39, 0.29) is 36.7 Å². The second-order valence-corrected chi connectivity index (χ2v) is 9.41. The highest BCUT2D eigenvalue weighted by atomic mass is 16.6. The lowest BCUT2D eigenvalue weighted by atomic mass is 10.1. The van der Waals surface area contributed by atoms with Crippen molar-refractivity contribution < 1.29 is 33.9 Å². The van der Waals surface area contributed by atoms with Crippen LogP contribution in [0.25, 0.3) is 0 Å². The number of nitrogens with one attached hydrogen (secondary N) is 2. The molecule has 1 aliphatic heterocycles. The van der Waals surface area contributed by atoms with E-state index in [4.69, 9.17) is 20.3 Å². The third-order valence-corrected chi connectivity index (χ3v) is 5.26. The molecule has 0 aromatic heterocycles. The predicted molar refractivity (Wildman–Crippen MR) is 143 cm³/mol. The summed E-state index contributed by atoms with van der Waals surface area (Å²) in [5.41, 5.74) is 4.27. The minimum Gasteiger partial charge on any atom is -0.478 e. The number of carbonyl (C=O) groups excluding carboxylic acids is 2. The number of nitrogens with zero attached hydrogens (tertiary/aromatic N) is 3. The summed E-state index contributed by atoms with van der Waals surface area (Å²) in [6, 6.07) is 2.37. The Labute approximate surface area is 226 Å². The van der Waals surface area contributed by atoms with Crippen LogP contribution < -0.4 is 21.1 Å². The number of carbonyl (C=O) groups is 3. The van der Waals surface area contributed by atoms with E-state index in [0.29, 0.717) is 32.7 Å². The molecular weight excluding hydrogens is 512 g/mol. The zero-order chi connectivity index (χ0) is 29.0. The maximum Gasteiger partial charge on any atom is 0.407 e. The minimum atomic E-state index is -0.946. The monoisotopic (exact) mass is 546 g/mol. The van der Waals surface area contributed by atoms with Gasteiger partial charge in [0, 0.05) is 50.9 Å². The standard InChI is InChI=1S/C25H34N6O8/c1-25(2,3)39-23(33)28-9-5-4-8-27-21-19(31(36)37)16-18(22(26)32)17-20(21)38-15-7-6-10-29-11-13-30(14-12-29)24(34)35/h4-5,16-17,27H,8-15H2,1-3H3,(H2,26,32)(H,28,33)(H,34,35). The van der Waals surface area contributed by atoms with Crippen LogP contribution in [0.2, 0.25) is 0 Å². The molecule has 0 atom stereocenters. The van der Waals surface area contributed by atoms with E-state index in [1.165, 1.54) is 11.0 Å². The smallest absolute Gasteiger partial charge is 0.407 e. The molecule has 0 spiro atoms. The van der Waals surface area contributed by atoms with Crippen molar-refractivity contribution in [2.24, 2.45) is 5.73 Å². The molecule has 0 unspecified atom stereocenters. The van der Waals surface area contributed by atoms with Crippen molar-refractivity contribution in [2.45, 2.75) is 26.4 Å². The van der Waals surface area contributed by atoms with Gasteiger partial charge in [-0.1, -0.05) is 24.0 Å². The highest BCUT2D eigenvalue weighted by molar-refractivity contribution is 5.95. The van der Waals surface area contributed by atoms with Crippen LogP contribution in [0.4, 0.5) is 21.0 Å². The number of rotatable bonds is 10. The zero-order valence-electron chi connectivity index (χ0n) is 22.2. The van der Waals surface area contributed by atoms with E-state index in [9.17, 15) is 24.5 Å². The molecule has 1 heterocycles. The summed E-state index contributed by atoms with van der Waals surface area (Å²) in [5.74, 6) is 4.94. The number of alkyl carbamates (subject to hydrolysis) is 1. The fourth-order valence-electron chi connectivity index (χ4n) is 3.39. The molecule has 0 saturated carbocycles. The summed E-state index contributed by atoms with van der Waals surface area (Å²) in [7, 11) is 0. The quantitative estimate of drug-likeness (QED) is 0.146. The van der Waals surface area contributed by atoms with Gasteiger partial charge in [0.15, 0.2) is 11.4 Å². The summed E-state index contributed by atoms with van der Waals surface area (Å²) in [5, 5.41) is 26.2. The molecule has 1 aliphatic rings. The van der Waals surface area contributed by atoms with Gasteiger partial charge in [0.1, 0.15) is 12.2 Å². The normalized spacial score (nSPS) is 13.8. The molecule has 1 aromatic carbocycles. The summed E-state index contributed by atoms with van der Waals surface area (Å²) in [6.45, 7) is 7.80. The molecule has 14 nitrogen and oxygen atoms in total. The van der Waals surface area contributed by atoms with Crippen LogP contribution >= 0.6 is 0 Å². The Balaban J connectivity index is 2.01. The van der Waals surface area contributed by atoms with Crippen molar-refractivity contribution in [1.29, 1.82) is 0 Å². The van der Waals surface area contributed by atoms with E-state index < -0.39 is 34.3 Å². The maximum atomic E-state index is 11.7. The third kappa shape index (κ3) is 10.8. The molecule has 1 saturated heterocycles. The number of amides is 3. The number of nitrogens with two attached hydrogens (primary N) is 1. The molecule has 0 bridgehead atoms. The number of nitro groups is 1. The van der Waals surface area contributed by atoms with Gasteiger partial charge in [-0.2, -0.15) is 0 Å². The molecular formula is C25H34N6O8. The van der Waals surface area contributed by atoms with Gasteiger partial charge in [0.05, 0.1) is 11.5 Å². The van der Waals surface area contributed by atoms with Crippen molar-refractivity contribution in [3.8, 4) is 17.6 Å². The number of hydrogen-bond donors (Lipinski definition) is 4. The van der Waals surface area contributed by atoms with Gasteiger partial charge in [-0.25, -0.2) is 9.59 Å². The Morgan fingerprint density at radius 1 is 1.15 bits per heavy atom. The van der Waals surface area contributed by atoms with Crippen LogP contribution in [-0.4, -0.2) is 95.9 Å².